The second kappa shape index (κ2) is 11.8. The molecule has 2 aliphatic carbocycles. The van der Waals surface area contributed by atoms with E-state index in [2.05, 4.69) is 203 Å². The average molecular weight is 749 g/mol. The molecule has 59 heavy (non-hydrogen) atoms. The number of para-hydroxylation sites is 3. The van der Waals surface area contributed by atoms with Crippen LogP contribution < -0.4 is 0 Å². The maximum absolute atomic E-state index is 10.1. The summed E-state index contributed by atoms with van der Waals surface area (Å²) in [5.74, 6) is 0.861. The Labute approximate surface area is 340 Å². The number of rotatable bonds is 3. The summed E-state index contributed by atoms with van der Waals surface area (Å²) in [6.45, 7) is 0. The van der Waals surface area contributed by atoms with Gasteiger partial charge >= 0.3 is 0 Å². The van der Waals surface area contributed by atoms with E-state index in [1.54, 1.807) is 0 Å². The van der Waals surface area contributed by atoms with E-state index in [1.165, 1.54) is 66.0 Å². The fraction of sp³-hybridized carbons (Fsp3) is 0.0182. The molecule has 0 saturated carbocycles. The number of hydrogen-bond acceptors (Lipinski definition) is 2. The summed E-state index contributed by atoms with van der Waals surface area (Å²) in [6.07, 6.45) is 0. The molecule has 272 valence electrons. The normalized spacial score (nSPS) is 13.2. The van der Waals surface area contributed by atoms with E-state index in [4.69, 9.17) is 4.98 Å². The van der Waals surface area contributed by atoms with Gasteiger partial charge in [0.05, 0.1) is 44.8 Å². The second-order valence-corrected chi connectivity index (χ2v) is 15.8. The minimum Gasteiger partial charge on any atom is -0.307 e. The van der Waals surface area contributed by atoms with Gasteiger partial charge in [-0.25, -0.2) is 4.98 Å². The fourth-order valence-electron chi connectivity index (χ4n) is 10.7. The lowest BCUT2D eigenvalue weighted by Crippen LogP contribution is -2.26. The van der Waals surface area contributed by atoms with E-state index in [1.807, 2.05) is 6.07 Å². The summed E-state index contributed by atoms with van der Waals surface area (Å²) in [5.41, 5.74) is 17.4. The minimum atomic E-state index is -0.568. The lowest BCUT2D eigenvalue weighted by molar-refractivity contribution is 0.793. The van der Waals surface area contributed by atoms with Crippen LogP contribution in [-0.2, 0) is 5.41 Å². The lowest BCUT2D eigenvalue weighted by atomic mass is 9.70. The third-order valence-electron chi connectivity index (χ3n) is 13.0. The SMILES string of the molecule is N#Cc1ccc2c(c1)C1(c3ccccc3-c3ccccc31)c1cc(-c3cccc(-n4c5ccccc5c5ccc6c7ccccc7n(-c7ccccc7)c6c54)n3)ccc1-2. The van der Waals surface area contributed by atoms with Gasteiger partial charge in [-0.05, 0) is 99.1 Å². The second-order valence-electron chi connectivity index (χ2n) is 15.8. The Balaban J connectivity index is 1.08. The molecule has 1 spiro atoms. The molecule has 0 saturated heterocycles. The van der Waals surface area contributed by atoms with Crippen LogP contribution in [0.3, 0.4) is 0 Å². The molecule has 0 unspecified atom stereocenters. The number of benzene rings is 8. The molecule has 3 aromatic heterocycles. The molecule has 0 N–H and O–H groups in total. The van der Waals surface area contributed by atoms with Crippen molar-refractivity contribution in [3.05, 3.63) is 222 Å². The zero-order valence-corrected chi connectivity index (χ0v) is 31.8. The predicted molar refractivity (Wildman–Crippen MR) is 239 cm³/mol. The molecule has 2 aliphatic rings. The van der Waals surface area contributed by atoms with Crippen molar-refractivity contribution in [2.24, 2.45) is 0 Å². The Morgan fingerprint density at radius 1 is 0.424 bits per heavy atom. The highest BCUT2D eigenvalue weighted by molar-refractivity contribution is 6.23. The van der Waals surface area contributed by atoms with Gasteiger partial charge in [0.1, 0.15) is 5.82 Å². The van der Waals surface area contributed by atoms with Gasteiger partial charge in [0, 0.05) is 32.8 Å². The molecular weight excluding hydrogens is 717 g/mol. The van der Waals surface area contributed by atoms with Crippen LogP contribution in [-0.4, -0.2) is 14.1 Å². The zero-order chi connectivity index (χ0) is 38.8. The molecule has 0 amide bonds. The number of pyridine rings is 1. The molecule has 0 aliphatic heterocycles. The van der Waals surface area contributed by atoms with Gasteiger partial charge in [0.25, 0.3) is 0 Å². The van der Waals surface area contributed by atoms with Gasteiger partial charge in [-0.2, -0.15) is 5.26 Å². The van der Waals surface area contributed by atoms with Crippen molar-refractivity contribution in [2.75, 3.05) is 0 Å². The van der Waals surface area contributed by atoms with Crippen LogP contribution in [0.4, 0.5) is 0 Å². The van der Waals surface area contributed by atoms with Crippen LogP contribution in [0.15, 0.2) is 194 Å². The summed E-state index contributed by atoms with van der Waals surface area (Å²) < 4.78 is 4.78. The highest BCUT2D eigenvalue weighted by Gasteiger charge is 2.51. The first kappa shape index (κ1) is 32.1. The van der Waals surface area contributed by atoms with Crippen LogP contribution in [0.1, 0.15) is 27.8 Å². The lowest BCUT2D eigenvalue weighted by Gasteiger charge is -2.30. The van der Waals surface area contributed by atoms with E-state index < -0.39 is 5.41 Å². The third kappa shape index (κ3) is 4.13. The summed E-state index contributed by atoms with van der Waals surface area (Å²) >= 11 is 0. The number of hydrogen-bond donors (Lipinski definition) is 0. The molecule has 0 fully saturated rings. The van der Waals surface area contributed by atoms with E-state index in [0.29, 0.717) is 5.56 Å². The Hall–Kier alpha value is -8.00. The molecule has 0 atom stereocenters. The van der Waals surface area contributed by atoms with Crippen molar-refractivity contribution >= 4 is 43.6 Å². The number of fused-ring (bicyclic) bond motifs is 17. The van der Waals surface area contributed by atoms with Crippen molar-refractivity contribution in [1.82, 2.24) is 14.1 Å². The predicted octanol–water partition coefficient (Wildman–Crippen LogP) is 13.2. The van der Waals surface area contributed by atoms with Crippen LogP contribution in [0, 0.1) is 11.3 Å². The molecule has 4 nitrogen and oxygen atoms in total. The van der Waals surface area contributed by atoms with Crippen LogP contribution in [0.25, 0.3) is 88.6 Å². The van der Waals surface area contributed by atoms with Gasteiger partial charge in [-0.3, -0.25) is 4.57 Å². The fourth-order valence-corrected chi connectivity index (χ4v) is 10.7. The Morgan fingerprint density at radius 3 is 1.68 bits per heavy atom. The van der Waals surface area contributed by atoms with E-state index in [9.17, 15) is 5.26 Å². The zero-order valence-electron chi connectivity index (χ0n) is 31.8. The highest BCUT2D eigenvalue weighted by atomic mass is 15.1. The van der Waals surface area contributed by atoms with Gasteiger partial charge in [-0.15, -0.1) is 0 Å². The first-order chi connectivity index (χ1) is 29.2. The molecule has 13 rings (SSSR count). The summed E-state index contributed by atoms with van der Waals surface area (Å²) in [7, 11) is 0. The van der Waals surface area contributed by atoms with Crippen molar-refractivity contribution in [2.45, 2.75) is 5.41 Å². The number of aromatic nitrogens is 3. The largest absolute Gasteiger partial charge is 0.307 e. The standard InChI is InChI=1S/C55H32N4/c56-33-34-25-27-39-40-28-26-35(32-48(40)55(47(39)31-34)45-19-8-4-15-37(45)38-16-5-9-20-46(38)55)49-21-12-24-52(57-49)59-51-23-11-7-18-42(51)44-30-29-43-41-17-6-10-22-50(41)58(53(43)54(44)59)36-13-2-1-3-14-36/h1-32H. The Morgan fingerprint density at radius 2 is 0.983 bits per heavy atom. The van der Waals surface area contributed by atoms with E-state index >= 15 is 0 Å². The van der Waals surface area contributed by atoms with Crippen molar-refractivity contribution in [3.8, 4) is 51.1 Å². The summed E-state index contributed by atoms with van der Waals surface area (Å²) in [4.78, 5) is 5.57. The Kier molecular flexibility index (Phi) is 6.41. The summed E-state index contributed by atoms with van der Waals surface area (Å²) in [5, 5.41) is 14.9. The van der Waals surface area contributed by atoms with Crippen molar-refractivity contribution < 1.29 is 0 Å². The smallest absolute Gasteiger partial charge is 0.138 e. The van der Waals surface area contributed by atoms with Gasteiger partial charge in [0.2, 0.25) is 0 Å². The van der Waals surface area contributed by atoms with E-state index in [0.717, 1.165) is 44.9 Å². The topological polar surface area (TPSA) is 46.5 Å². The molecule has 4 heteroatoms. The maximum atomic E-state index is 10.1. The quantitative estimate of drug-likeness (QED) is 0.181. The van der Waals surface area contributed by atoms with Crippen molar-refractivity contribution in [1.29, 1.82) is 5.26 Å². The Bertz CT molecular complexity index is 3590. The van der Waals surface area contributed by atoms with Gasteiger partial charge < -0.3 is 4.57 Å². The number of nitrogens with zero attached hydrogens (tertiary/aromatic N) is 4. The van der Waals surface area contributed by atoms with Gasteiger partial charge in [0.15, 0.2) is 0 Å². The first-order valence-electron chi connectivity index (χ1n) is 20.1. The molecule has 0 radical (unpaired) electrons. The monoisotopic (exact) mass is 748 g/mol. The average Bonchev–Trinajstić information content (AvgIpc) is 4.01. The minimum absolute atomic E-state index is 0.568. The molecule has 8 aromatic carbocycles. The van der Waals surface area contributed by atoms with Crippen LogP contribution in [0.5, 0.6) is 0 Å². The molecule has 0 bridgehead atoms. The van der Waals surface area contributed by atoms with Crippen molar-refractivity contribution in [3.63, 3.8) is 0 Å². The van der Waals surface area contributed by atoms with E-state index in [-0.39, 0.29) is 0 Å². The number of nitriles is 1. The molecule has 3 heterocycles. The maximum Gasteiger partial charge on any atom is 0.138 e. The van der Waals surface area contributed by atoms with Crippen LogP contribution >= 0.6 is 0 Å². The molecular formula is C55H32N4. The third-order valence-corrected chi connectivity index (χ3v) is 13.0. The highest BCUT2D eigenvalue weighted by Crippen LogP contribution is 2.63. The summed E-state index contributed by atoms with van der Waals surface area (Å²) in [6, 6.07) is 72.2. The van der Waals surface area contributed by atoms with Crippen LogP contribution in [0.2, 0.25) is 0 Å². The van der Waals surface area contributed by atoms with Gasteiger partial charge in [-0.1, -0.05) is 140 Å². The molecule has 11 aromatic rings. The first-order valence-corrected chi connectivity index (χ1v) is 20.1.